The SMILES string of the molecule is CCCCC[C@@H](C)CCC[C@@H](C)CCCC(=O)CC. The molecule has 19 heavy (non-hydrogen) atoms. The maximum Gasteiger partial charge on any atom is 0.132 e. The first-order valence-corrected chi connectivity index (χ1v) is 8.61. The van der Waals surface area contributed by atoms with Crippen LogP contribution >= 0.6 is 0 Å². The van der Waals surface area contributed by atoms with E-state index < -0.39 is 0 Å². The zero-order chi connectivity index (χ0) is 14.5. The van der Waals surface area contributed by atoms with Gasteiger partial charge in [-0.15, -0.1) is 0 Å². The van der Waals surface area contributed by atoms with Crippen molar-refractivity contribution in [2.45, 2.75) is 98.3 Å². The number of ketones is 1. The van der Waals surface area contributed by atoms with Crippen LogP contribution in [0.5, 0.6) is 0 Å². The van der Waals surface area contributed by atoms with Gasteiger partial charge >= 0.3 is 0 Å². The lowest BCUT2D eigenvalue weighted by atomic mass is 9.92. The summed E-state index contributed by atoms with van der Waals surface area (Å²) in [5.74, 6) is 2.13. The molecule has 0 rings (SSSR count). The van der Waals surface area contributed by atoms with E-state index in [-0.39, 0.29) is 0 Å². The Morgan fingerprint density at radius 3 is 1.84 bits per heavy atom. The molecule has 0 amide bonds. The second kappa shape index (κ2) is 12.7. The third-order valence-corrected chi connectivity index (χ3v) is 4.24. The van der Waals surface area contributed by atoms with E-state index in [1.54, 1.807) is 0 Å². The summed E-state index contributed by atoms with van der Waals surface area (Å²) in [6, 6.07) is 0. The molecule has 0 radical (unpaired) electrons. The highest BCUT2D eigenvalue weighted by Gasteiger charge is 2.06. The second-order valence-electron chi connectivity index (χ2n) is 6.42. The highest BCUT2D eigenvalue weighted by Crippen LogP contribution is 2.20. The summed E-state index contributed by atoms with van der Waals surface area (Å²) in [5.41, 5.74) is 0. The monoisotopic (exact) mass is 268 g/mol. The highest BCUT2D eigenvalue weighted by atomic mass is 16.1. The summed E-state index contributed by atoms with van der Waals surface area (Å²) in [4.78, 5) is 11.2. The molecule has 2 atom stereocenters. The van der Waals surface area contributed by atoms with Crippen LogP contribution in [0, 0.1) is 11.8 Å². The molecule has 0 heterocycles. The van der Waals surface area contributed by atoms with Crippen molar-refractivity contribution in [2.24, 2.45) is 11.8 Å². The van der Waals surface area contributed by atoms with Gasteiger partial charge in [-0.25, -0.2) is 0 Å². The fourth-order valence-corrected chi connectivity index (χ4v) is 2.67. The minimum atomic E-state index is 0.428. The Morgan fingerprint density at radius 1 is 0.789 bits per heavy atom. The number of unbranched alkanes of at least 4 members (excludes halogenated alkanes) is 2. The van der Waals surface area contributed by atoms with Gasteiger partial charge in [0, 0.05) is 12.8 Å². The molecule has 0 spiro atoms. The molecule has 0 unspecified atom stereocenters. The van der Waals surface area contributed by atoms with E-state index in [4.69, 9.17) is 0 Å². The molecular formula is C18H36O. The molecule has 0 aliphatic heterocycles. The molecule has 1 heteroatoms. The Kier molecular flexibility index (Phi) is 12.5. The first-order valence-electron chi connectivity index (χ1n) is 8.61. The average Bonchev–Trinajstić information content (AvgIpc) is 2.38. The van der Waals surface area contributed by atoms with Crippen molar-refractivity contribution in [3.8, 4) is 0 Å². The van der Waals surface area contributed by atoms with Crippen molar-refractivity contribution < 1.29 is 4.79 Å². The Hall–Kier alpha value is -0.330. The summed E-state index contributed by atoms with van der Waals surface area (Å²) < 4.78 is 0. The van der Waals surface area contributed by atoms with Crippen LogP contribution in [0.1, 0.15) is 98.3 Å². The average molecular weight is 268 g/mol. The van der Waals surface area contributed by atoms with Crippen molar-refractivity contribution in [1.29, 1.82) is 0 Å². The van der Waals surface area contributed by atoms with Crippen molar-refractivity contribution in [3.05, 3.63) is 0 Å². The number of rotatable bonds is 13. The minimum Gasteiger partial charge on any atom is -0.300 e. The van der Waals surface area contributed by atoms with Crippen LogP contribution in [0.15, 0.2) is 0 Å². The maximum absolute atomic E-state index is 11.2. The number of hydrogen-bond acceptors (Lipinski definition) is 1. The van der Waals surface area contributed by atoms with Gasteiger partial charge in [-0.05, 0) is 18.3 Å². The second-order valence-corrected chi connectivity index (χ2v) is 6.42. The summed E-state index contributed by atoms with van der Waals surface area (Å²) in [7, 11) is 0. The first kappa shape index (κ1) is 18.7. The fourth-order valence-electron chi connectivity index (χ4n) is 2.67. The lowest BCUT2D eigenvalue weighted by molar-refractivity contribution is -0.118. The molecule has 0 N–H and O–H groups in total. The van der Waals surface area contributed by atoms with E-state index in [0.29, 0.717) is 12.2 Å². The van der Waals surface area contributed by atoms with Crippen LogP contribution in [0.4, 0.5) is 0 Å². The van der Waals surface area contributed by atoms with Crippen LogP contribution in [0.2, 0.25) is 0 Å². The molecule has 0 saturated carbocycles. The Bertz CT molecular complexity index is 210. The Morgan fingerprint density at radius 2 is 1.32 bits per heavy atom. The van der Waals surface area contributed by atoms with E-state index in [1.807, 2.05) is 6.92 Å². The number of carbonyl (C=O) groups is 1. The van der Waals surface area contributed by atoms with Gasteiger partial charge < -0.3 is 0 Å². The molecule has 0 saturated heterocycles. The van der Waals surface area contributed by atoms with E-state index in [0.717, 1.165) is 24.7 Å². The van der Waals surface area contributed by atoms with Crippen molar-refractivity contribution in [2.75, 3.05) is 0 Å². The minimum absolute atomic E-state index is 0.428. The van der Waals surface area contributed by atoms with Crippen LogP contribution in [-0.2, 0) is 4.79 Å². The molecule has 0 fully saturated rings. The zero-order valence-electron chi connectivity index (χ0n) is 13.8. The van der Waals surface area contributed by atoms with Gasteiger partial charge in [-0.1, -0.05) is 79.1 Å². The van der Waals surface area contributed by atoms with Gasteiger partial charge in [0.15, 0.2) is 0 Å². The number of hydrogen-bond donors (Lipinski definition) is 0. The van der Waals surface area contributed by atoms with Crippen molar-refractivity contribution in [1.82, 2.24) is 0 Å². The molecule has 0 aliphatic rings. The van der Waals surface area contributed by atoms with Gasteiger partial charge in [-0.3, -0.25) is 4.79 Å². The summed E-state index contributed by atoms with van der Waals surface area (Å²) in [5, 5.41) is 0. The molecule has 0 aliphatic carbocycles. The quantitative estimate of drug-likeness (QED) is 0.366. The number of Topliss-reactive ketones (excluding diaryl/α,β-unsaturated/α-hetero) is 1. The van der Waals surface area contributed by atoms with Gasteiger partial charge in [-0.2, -0.15) is 0 Å². The molecular weight excluding hydrogens is 232 g/mol. The third kappa shape index (κ3) is 12.4. The van der Waals surface area contributed by atoms with Gasteiger partial charge in [0.1, 0.15) is 5.78 Å². The molecule has 0 aromatic heterocycles. The van der Waals surface area contributed by atoms with E-state index in [2.05, 4.69) is 20.8 Å². The van der Waals surface area contributed by atoms with Gasteiger partial charge in [0.05, 0.1) is 0 Å². The zero-order valence-corrected chi connectivity index (χ0v) is 13.8. The smallest absolute Gasteiger partial charge is 0.132 e. The van der Waals surface area contributed by atoms with Crippen molar-refractivity contribution in [3.63, 3.8) is 0 Å². The Balaban J connectivity index is 3.41. The summed E-state index contributed by atoms with van der Waals surface area (Å²) >= 11 is 0. The van der Waals surface area contributed by atoms with Crippen LogP contribution in [0.3, 0.4) is 0 Å². The van der Waals surface area contributed by atoms with E-state index in [1.165, 1.54) is 51.4 Å². The summed E-state index contributed by atoms with van der Waals surface area (Å²) in [6.07, 6.45) is 13.5. The van der Waals surface area contributed by atoms with Crippen molar-refractivity contribution >= 4 is 5.78 Å². The third-order valence-electron chi connectivity index (χ3n) is 4.24. The summed E-state index contributed by atoms with van der Waals surface area (Å²) in [6.45, 7) is 8.99. The molecule has 0 aromatic rings. The predicted octanol–water partition coefficient (Wildman–Crippen LogP) is 6.16. The van der Waals surface area contributed by atoms with Gasteiger partial charge in [0.2, 0.25) is 0 Å². The highest BCUT2D eigenvalue weighted by molar-refractivity contribution is 5.77. The number of carbonyl (C=O) groups excluding carboxylic acids is 1. The van der Waals surface area contributed by atoms with Crippen LogP contribution in [-0.4, -0.2) is 5.78 Å². The van der Waals surface area contributed by atoms with Gasteiger partial charge in [0.25, 0.3) is 0 Å². The Labute approximate surface area is 121 Å². The lowest BCUT2D eigenvalue weighted by Gasteiger charge is -2.14. The first-order chi connectivity index (χ1) is 9.10. The lowest BCUT2D eigenvalue weighted by Crippen LogP contribution is -2.01. The maximum atomic E-state index is 11.2. The normalized spacial score (nSPS) is 14.3. The molecule has 0 aromatic carbocycles. The van der Waals surface area contributed by atoms with E-state index >= 15 is 0 Å². The molecule has 114 valence electrons. The standard InChI is InChI=1S/C18H36O/c1-5-7-8-11-16(3)12-9-13-17(4)14-10-15-18(19)6-2/h16-17H,5-15H2,1-4H3/t16-,17-/m1/s1. The van der Waals surface area contributed by atoms with Crippen LogP contribution < -0.4 is 0 Å². The topological polar surface area (TPSA) is 17.1 Å². The van der Waals surface area contributed by atoms with Crippen LogP contribution in [0.25, 0.3) is 0 Å². The van der Waals surface area contributed by atoms with E-state index in [9.17, 15) is 4.79 Å². The predicted molar refractivity (Wildman–Crippen MR) is 85.5 cm³/mol. The fraction of sp³-hybridized carbons (Fsp3) is 0.944. The largest absolute Gasteiger partial charge is 0.300 e. The molecule has 1 nitrogen and oxygen atoms in total. The molecule has 0 bridgehead atoms.